The second-order valence-electron chi connectivity index (χ2n) is 2.53. The highest BCUT2D eigenvalue weighted by Crippen LogP contribution is 2.15. The molecule has 0 atom stereocenters. The van der Waals surface area contributed by atoms with Gasteiger partial charge in [-0.2, -0.15) is 0 Å². The molecule has 1 rings (SSSR count). The molecule has 0 spiro atoms. The summed E-state index contributed by atoms with van der Waals surface area (Å²) in [6.07, 6.45) is 0. The molecule has 2 nitrogen and oxygen atoms in total. The first-order valence-electron chi connectivity index (χ1n) is 3.93. The van der Waals surface area contributed by atoms with Gasteiger partial charge < -0.3 is 9.47 Å². The lowest BCUT2D eigenvalue weighted by molar-refractivity contribution is 0.146. The first-order chi connectivity index (χ1) is 5.84. The maximum absolute atomic E-state index is 5.43. The highest BCUT2D eigenvalue weighted by molar-refractivity contribution is 5.31. The first-order valence-corrected chi connectivity index (χ1v) is 3.93. The standard InChI is InChI=1S/C10H13O2/c1-9-5-3-4-6-10(9)12-8-7-11-2/h4-6H,7-8H2,1-2H3. The molecule has 0 N–H and O–H groups in total. The van der Waals surface area contributed by atoms with Crippen LogP contribution < -0.4 is 4.74 Å². The Kier molecular flexibility index (Phi) is 3.61. The Bertz CT molecular complexity index is 233. The van der Waals surface area contributed by atoms with Gasteiger partial charge in [0, 0.05) is 7.11 Å². The quantitative estimate of drug-likeness (QED) is 0.633. The van der Waals surface area contributed by atoms with Gasteiger partial charge in [0.15, 0.2) is 0 Å². The third-order valence-corrected chi connectivity index (χ3v) is 1.56. The van der Waals surface area contributed by atoms with E-state index in [0.29, 0.717) is 13.2 Å². The zero-order chi connectivity index (χ0) is 8.81. The van der Waals surface area contributed by atoms with Crippen molar-refractivity contribution in [2.24, 2.45) is 0 Å². The van der Waals surface area contributed by atoms with Crippen LogP contribution in [0.3, 0.4) is 0 Å². The van der Waals surface area contributed by atoms with Crippen LogP contribution in [0.2, 0.25) is 0 Å². The fourth-order valence-electron chi connectivity index (χ4n) is 0.896. The molecular formula is C10H13O2. The minimum atomic E-state index is 0.599. The third-order valence-electron chi connectivity index (χ3n) is 1.56. The van der Waals surface area contributed by atoms with E-state index in [4.69, 9.17) is 9.47 Å². The summed E-state index contributed by atoms with van der Waals surface area (Å²) in [5, 5.41) is 0. The molecule has 0 amide bonds. The van der Waals surface area contributed by atoms with Crippen molar-refractivity contribution in [1.29, 1.82) is 0 Å². The van der Waals surface area contributed by atoms with Gasteiger partial charge in [-0.1, -0.05) is 6.07 Å². The van der Waals surface area contributed by atoms with Crippen LogP contribution in [-0.2, 0) is 4.74 Å². The van der Waals surface area contributed by atoms with Gasteiger partial charge in [0.25, 0.3) is 0 Å². The molecule has 0 saturated heterocycles. The summed E-state index contributed by atoms with van der Waals surface area (Å²) in [4.78, 5) is 0. The Morgan fingerprint density at radius 2 is 2.25 bits per heavy atom. The first kappa shape index (κ1) is 9.07. The minimum absolute atomic E-state index is 0.599. The predicted octanol–water partition coefficient (Wildman–Crippen LogP) is 1.82. The van der Waals surface area contributed by atoms with Crippen molar-refractivity contribution in [3.8, 4) is 5.75 Å². The molecule has 0 aliphatic heterocycles. The van der Waals surface area contributed by atoms with Gasteiger partial charge in [-0.05, 0) is 30.7 Å². The van der Waals surface area contributed by atoms with Gasteiger partial charge >= 0.3 is 0 Å². The second kappa shape index (κ2) is 4.78. The van der Waals surface area contributed by atoms with E-state index in [-0.39, 0.29) is 0 Å². The number of methoxy groups -OCH3 is 1. The highest BCUT2D eigenvalue weighted by atomic mass is 16.5. The molecule has 1 aromatic carbocycles. The van der Waals surface area contributed by atoms with E-state index >= 15 is 0 Å². The van der Waals surface area contributed by atoms with Crippen LogP contribution in [0, 0.1) is 13.0 Å². The van der Waals surface area contributed by atoms with Crippen LogP contribution in [0.1, 0.15) is 5.56 Å². The van der Waals surface area contributed by atoms with E-state index in [1.165, 1.54) is 0 Å². The monoisotopic (exact) mass is 165 g/mol. The van der Waals surface area contributed by atoms with Crippen molar-refractivity contribution in [3.63, 3.8) is 0 Å². The average molecular weight is 165 g/mol. The van der Waals surface area contributed by atoms with Crippen molar-refractivity contribution in [3.05, 3.63) is 29.8 Å². The smallest absolute Gasteiger partial charge is 0.122 e. The summed E-state index contributed by atoms with van der Waals surface area (Å²) < 4.78 is 10.3. The summed E-state index contributed by atoms with van der Waals surface area (Å²) >= 11 is 0. The highest BCUT2D eigenvalue weighted by Gasteiger charge is 1.95. The van der Waals surface area contributed by atoms with Crippen LogP contribution in [0.15, 0.2) is 18.2 Å². The summed E-state index contributed by atoms with van der Waals surface area (Å²) in [5.41, 5.74) is 1.11. The molecule has 12 heavy (non-hydrogen) atoms. The number of benzene rings is 1. The summed E-state index contributed by atoms with van der Waals surface area (Å²) in [6.45, 7) is 3.22. The fourth-order valence-corrected chi connectivity index (χ4v) is 0.896. The molecule has 0 bridgehead atoms. The number of hydrogen-bond donors (Lipinski definition) is 0. The van der Waals surface area contributed by atoms with Crippen molar-refractivity contribution in [2.75, 3.05) is 20.3 Å². The van der Waals surface area contributed by atoms with E-state index in [2.05, 4.69) is 6.07 Å². The van der Waals surface area contributed by atoms with Crippen LogP contribution in [0.25, 0.3) is 0 Å². The maximum Gasteiger partial charge on any atom is 0.122 e. The Labute approximate surface area is 73.1 Å². The number of hydrogen-bond acceptors (Lipinski definition) is 2. The molecule has 0 aromatic heterocycles. The average Bonchev–Trinajstić information content (AvgIpc) is 2.09. The van der Waals surface area contributed by atoms with Crippen molar-refractivity contribution in [1.82, 2.24) is 0 Å². The summed E-state index contributed by atoms with van der Waals surface area (Å²) in [7, 11) is 1.66. The topological polar surface area (TPSA) is 18.5 Å². The van der Waals surface area contributed by atoms with Crippen LogP contribution in [0.4, 0.5) is 0 Å². The van der Waals surface area contributed by atoms with Gasteiger partial charge in [0.05, 0.1) is 6.61 Å². The minimum Gasteiger partial charge on any atom is -0.491 e. The fraction of sp³-hybridized carbons (Fsp3) is 0.400. The molecule has 0 fully saturated rings. The molecule has 0 saturated carbocycles. The second-order valence-corrected chi connectivity index (χ2v) is 2.53. The Morgan fingerprint density at radius 1 is 1.42 bits per heavy atom. The Morgan fingerprint density at radius 3 is 2.92 bits per heavy atom. The van der Waals surface area contributed by atoms with Gasteiger partial charge in [-0.15, -0.1) is 0 Å². The lowest BCUT2D eigenvalue weighted by atomic mass is 10.2. The SMILES string of the molecule is COCCOc1cc[c]cc1C. The molecule has 0 heterocycles. The zero-order valence-corrected chi connectivity index (χ0v) is 7.46. The molecule has 0 aliphatic rings. The maximum atomic E-state index is 5.43. The van der Waals surface area contributed by atoms with Crippen molar-refractivity contribution >= 4 is 0 Å². The van der Waals surface area contributed by atoms with Gasteiger partial charge in [-0.3, -0.25) is 0 Å². The van der Waals surface area contributed by atoms with E-state index < -0.39 is 0 Å². The molecule has 2 heteroatoms. The molecule has 1 radical (unpaired) electrons. The van der Waals surface area contributed by atoms with E-state index in [1.807, 2.05) is 25.1 Å². The Hall–Kier alpha value is -1.02. The van der Waals surface area contributed by atoms with Crippen molar-refractivity contribution in [2.45, 2.75) is 6.92 Å². The summed E-state index contributed by atoms with van der Waals surface area (Å²) in [5.74, 6) is 0.908. The van der Waals surface area contributed by atoms with E-state index in [9.17, 15) is 0 Å². The largest absolute Gasteiger partial charge is 0.491 e. The zero-order valence-electron chi connectivity index (χ0n) is 7.46. The number of aryl methyl sites for hydroxylation is 1. The molecule has 1 aromatic rings. The third kappa shape index (κ3) is 2.55. The lowest BCUT2D eigenvalue weighted by Gasteiger charge is -2.07. The van der Waals surface area contributed by atoms with Crippen LogP contribution in [-0.4, -0.2) is 20.3 Å². The number of rotatable bonds is 4. The lowest BCUT2D eigenvalue weighted by Crippen LogP contribution is -2.04. The summed E-state index contributed by atoms with van der Waals surface area (Å²) in [6, 6.07) is 8.64. The normalized spacial score (nSPS) is 9.83. The molecule has 0 unspecified atom stereocenters. The molecular weight excluding hydrogens is 152 g/mol. The molecule has 65 valence electrons. The van der Waals surface area contributed by atoms with E-state index in [1.54, 1.807) is 7.11 Å². The van der Waals surface area contributed by atoms with Gasteiger partial charge in [0.1, 0.15) is 12.4 Å². The van der Waals surface area contributed by atoms with Crippen LogP contribution in [0.5, 0.6) is 5.75 Å². The molecule has 0 aliphatic carbocycles. The van der Waals surface area contributed by atoms with E-state index in [0.717, 1.165) is 11.3 Å². The van der Waals surface area contributed by atoms with Gasteiger partial charge in [-0.25, -0.2) is 0 Å². The van der Waals surface area contributed by atoms with Crippen molar-refractivity contribution < 1.29 is 9.47 Å². The predicted molar refractivity (Wildman–Crippen MR) is 47.4 cm³/mol. The number of ether oxygens (including phenoxy) is 2. The van der Waals surface area contributed by atoms with Crippen LogP contribution >= 0.6 is 0 Å². The Balaban J connectivity index is 2.46. The van der Waals surface area contributed by atoms with Gasteiger partial charge in [0.2, 0.25) is 0 Å².